The van der Waals surface area contributed by atoms with E-state index < -0.39 is 0 Å². The van der Waals surface area contributed by atoms with Gasteiger partial charge in [0.1, 0.15) is 6.04 Å². The first-order chi connectivity index (χ1) is 8.33. The molecule has 17 heavy (non-hydrogen) atoms. The first-order valence-corrected chi connectivity index (χ1v) is 6.53. The van der Waals surface area contributed by atoms with E-state index in [1.807, 2.05) is 6.92 Å². The third-order valence-electron chi connectivity index (χ3n) is 3.45. The first-order valence-electron chi connectivity index (χ1n) is 6.53. The lowest BCUT2D eigenvalue weighted by Gasteiger charge is -2.41. The van der Waals surface area contributed by atoms with Gasteiger partial charge >= 0.3 is 5.97 Å². The Hall–Kier alpha value is -0.650. The van der Waals surface area contributed by atoms with Gasteiger partial charge < -0.3 is 14.8 Å². The standard InChI is InChI=1S/C12H22N2O3/c1-2-17-12(15)11-8-13-5-6-14(11)10-4-3-7-16-9-10/h10-11,13H,2-9H2,1H3. The van der Waals surface area contributed by atoms with Crippen LogP contribution in [0.1, 0.15) is 19.8 Å². The Morgan fingerprint density at radius 1 is 1.59 bits per heavy atom. The van der Waals surface area contributed by atoms with E-state index in [4.69, 9.17) is 9.47 Å². The fraction of sp³-hybridized carbons (Fsp3) is 0.917. The van der Waals surface area contributed by atoms with E-state index in [9.17, 15) is 4.79 Å². The van der Waals surface area contributed by atoms with Gasteiger partial charge in [-0.3, -0.25) is 9.69 Å². The first kappa shape index (κ1) is 12.8. The summed E-state index contributed by atoms with van der Waals surface area (Å²) in [4.78, 5) is 14.2. The topological polar surface area (TPSA) is 50.8 Å². The average Bonchev–Trinajstić information content (AvgIpc) is 2.40. The number of carbonyl (C=O) groups is 1. The van der Waals surface area contributed by atoms with Gasteiger partial charge in [0.05, 0.1) is 13.2 Å². The van der Waals surface area contributed by atoms with Crippen molar-refractivity contribution in [1.82, 2.24) is 10.2 Å². The summed E-state index contributed by atoms with van der Waals surface area (Å²) in [5.74, 6) is -0.106. The molecule has 2 atom stereocenters. The number of carbonyl (C=O) groups excluding carboxylic acids is 1. The molecule has 5 nitrogen and oxygen atoms in total. The van der Waals surface area contributed by atoms with E-state index in [1.165, 1.54) is 0 Å². The molecule has 0 aromatic rings. The van der Waals surface area contributed by atoms with Crippen molar-refractivity contribution in [2.24, 2.45) is 0 Å². The fourth-order valence-corrected chi connectivity index (χ4v) is 2.60. The van der Waals surface area contributed by atoms with Crippen LogP contribution in [0.2, 0.25) is 0 Å². The third-order valence-corrected chi connectivity index (χ3v) is 3.45. The molecule has 2 aliphatic rings. The van der Waals surface area contributed by atoms with Crippen molar-refractivity contribution >= 4 is 5.97 Å². The molecule has 1 N–H and O–H groups in total. The lowest BCUT2D eigenvalue weighted by atomic mass is 10.0. The van der Waals surface area contributed by atoms with E-state index in [0.717, 1.165) is 39.1 Å². The Kier molecular flexibility index (Phi) is 4.76. The zero-order valence-electron chi connectivity index (χ0n) is 10.5. The molecular formula is C12H22N2O3. The molecule has 2 unspecified atom stereocenters. The van der Waals surface area contributed by atoms with E-state index >= 15 is 0 Å². The van der Waals surface area contributed by atoms with Gasteiger partial charge in [0.2, 0.25) is 0 Å². The van der Waals surface area contributed by atoms with Crippen molar-refractivity contribution in [1.29, 1.82) is 0 Å². The van der Waals surface area contributed by atoms with E-state index in [2.05, 4.69) is 10.2 Å². The highest BCUT2D eigenvalue weighted by molar-refractivity contribution is 5.76. The molecule has 0 aromatic carbocycles. The maximum Gasteiger partial charge on any atom is 0.324 e. The summed E-state index contributed by atoms with van der Waals surface area (Å²) in [6, 6.07) is 0.232. The van der Waals surface area contributed by atoms with Gasteiger partial charge in [0.25, 0.3) is 0 Å². The minimum atomic E-state index is -0.143. The normalized spacial score (nSPS) is 31.1. The van der Waals surface area contributed by atoms with Gasteiger partial charge in [0.15, 0.2) is 0 Å². The summed E-state index contributed by atoms with van der Waals surface area (Å²) >= 11 is 0. The second-order valence-electron chi connectivity index (χ2n) is 4.58. The minimum Gasteiger partial charge on any atom is -0.465 e. The Balaban J connectivity index is 1.97. The summed E-state index contributed by atoms with van der Waals surface area (Å²) in [5, 5.41) is 3.26. The van der Waals surface area contributed by atoms with Gasteiger partial charge in [-0.05, 0) is 19.8 Å². The van der Waals surface area contributed by atoms with Crippen LogP contribution in [0, 0.1) is 0 Å². The van der Waals surface area contributed by atoms with Gasteiger partial charge in [-0.2, -0.15) is 0 Å². The number of nitrogens with one attached hydrogen (secondary N) is 1. The zero-order chi connectivity index (χ0) is 12.1. The van der Waals surface area contributed by atoms with Crippen molar-refractivity contribution in [2.75, 3.05) is 39.5 Å². The SMILES string of the molecule is CCOC(=O)C1CNCCN1C1CCCOC1. The zero-order valence-corrected chi connectivity index (χ0v) is 10.5. The van der Waals surface area contributed by atoms with Crippen LogP contribution < -0.4 is 5.32 Å². The predicted molar refractivity (Wildman–Crippen MR) is 63.8 cm³/mol. The molecule has 0 bridgehead atoms. The van der Waals surface area contributed by atoms with Crippen LogP contribution in [0.15, 0.2) is 0 Å². The molecule has 2 fully saturated rings. The van der Waals surface area contributed by atoms with Crippen LogP contribution in [0.4, 0.5) is 0 Å². The fourth-order valence-electron chi connectivity index (χ4n) is 2.60. The van der Waals surface area contributed by atoms with Gasteiger partial charge in [-0.1, -0.05) is 0 Å². The maximum absolute atomic E-state index is 11.9. The highest BCUT2D eigenvalue weighted by Gasteiger charge is 2.35. The van der Waals surface area contributed by atoms with Gasteiger partial charge in [0, 0.05) is 32.3 Å². The number of hydrogen-bond donors (Lipinski definition) is 1. The van der Waals surface area contributed by atoms with E-state index in [0.29, 0.717) is 19.2 Å². The monoisotopic (exact) mass is 242 g/mol. The number of esters is 1. The Morgan fingerprint density at radius 2 is 2.47 bits per heavy atom. The summed E-state index contributed by atoms with van der Waals surface area (Å²) < 4.78 is 10.7. The molecule has 0 aliphatic carbocycles. The van der Waals surface area contributed by atoms with Crippen LogP contribution in [0.5, 0.6) is 0 Å². The molecule has 0 aromatic heterocycles. The summed E-state index contributed by atoms with van der Waals surface area (Å²) in [7, 11) is 0. The van der Waals surface area contributed by atoms with Crippen LogP contribution in [0.25, 0.3) is 0 Å². The minimum absolute atomic E-state index is 0.106. The molecule has 0 saturated carbocycles. The van der Waals surface area contributed by atoms with Crippen LogP contribution in [-0.4, -0.2) is 62.4 Å². The van der Waals surface area contributed by atoms with E-state index in [1.54, 1.807) is 0 Å². The van der Waals surface area contributed by atoms with Crippen LogP contribution in [-0.2, 0) is 14.3 Å². The van der Waals surface area contributed by atoms with Crippen LogP contribution >= 0.6 is 0 Å². The van der Waals surface area contributed by atoms with Crippen molar-refractivity contribution < 1.29 is 14.3 Å². The molecule has 2 saturated heterocycles. The van der Waals surface area contributed by atoms with Crippen molar-refractivity contribution in [3.63, 3.8) is 0 Å². The summed E-state index contributed by atoms with van der Waals surface area (Å²) in [6.07, 6.45) is 2.21. The van der Waals surface area contributed by atoms with E-state index in [-0.39, 0.29) is 12.0 Å². The third kappa shape index (κ3) is 3.18. The molecule has 2 rings (SSSR count). The molecule has 5 heteroatoms. The number of nitrogens with zero attached hydrogens (tertiary/aromatic N) is 1. The number of rotatable bonds is 3. The van der Waals surface area contributed by atoms with Crippen molar-refractivity contribution in [3.05, 3.63) is 0 Å². The molecule has 2 heterocycles. The lowest BCUT2D eigenvalue weighted by Crippen LogP contribution is -2.60. The molecule has 0 amide bonds. The van der Waals surface area contributed by atoms with Crippen molar-refractivity contribution in [2.45, 2.75) is 31.8 Å². The van der Waals surface area contributed by atoms with Gasteiger partial charge in [-0.15, -0.1) is 0 Å². The van der Waals surface area contributed by atoms with Crippen LogP contribution in [0.3, 0.4) is 0 Å². The van der Waals surface area contributed by atoms with Gasteiger partial charge in [-0.25, -0.2) is 0 Å². The average molecular weight is 242 g/mol. The maximum atomic E-state index is 11.9. The predicted octanol–water partition coefficient (Wildman–Crippen LogP) is 0.00230. The molecular weight excluding hydrogens is 220 g/mol. The second kappa shape index (κ2) is 6.33. The highest BCUT2D eigenvalue weighted by Crippen LogP contribution is 2.18. The smallest absolute Gasteiger partial charge is 0.324 e. The lowest BCUT2D eigenvalue weighted by molar-refractivity contribution is -0.152. The Morgan fingerprint density at radius 3 is 3.18 bits per heavy atom. The molecule has 98 valence electrons. The summed E-state index contributed by atoms with van der Waals surface area (Å²) in [5.41, 5.74) is 0. The molecule has 0 spiro atoms. The Bertz CT molecular complexity index is 254. The molecule has 2 aliphatic heterocycles. The number of piperazine rings is 1. The second-order valence-corrected chi connectivity index (χ2v) is 4.58. The van der Waals surface area contributed by atoms with Crippen molar-refractivity contribution in [3.8, 4) is 0 Å². The largest absolute Gasteiger partial charge is 0.465 e. The number of ether oxygens (including phenoxy) is 2. The highest BCUT2D eigenvalue weighted by atomic mass is 16.5. The summed E-state index contributed by atoms with van der Waals surface area (Å²) in [6.45, 7) is 6.42. The Labute approximate surface area is 102 Å². The quantitative estimate of drug-likeness (QED) is 0.706. The number of hydrogen-bond acceptors (Lipinski definition) is 5. The molecule has 0 radical (unpaired) electrons.